The summed E-state index contributed by atoms with van der Waals surface area (Å²) in [6, 6.07) is 9.06. The summed E-state index contributed by atoms with van der Waals surface area (Å²) >= 11 is 0. The number of rotatable bonds is 2. The van der Waals surface area contributed by atoms with Crippen LogP contribution in [-0.2, 0) is 12.0 Å². The number of fused-ring (bicyclic) bond motifs is 2. The van der Waals surface area contributed by atoms with Crippen LogP contribution in [0.2, 0.25) is 0 Å². The van der Waals surface area contributed by atoms with E-state index in [2.05, 4.69) is 51.0 Å². The van der Waals surface area contributed by atoms with Crippen molar-refractivity contribution in [2.24, 2.45) is 0 Å². The maximum Gasteiger partial charge on any atom is 0.147 e. The quantitative estimate of drug-likeness (QED) is 0.854. The third-order valence-corrected chi connectivity index (χ3v) is 5.55. The van der Waals surface area contributed by atoms with Gasteiger partial charge in [-0.05, 0) is 30.5 Å². The van der Waals surface area contributed by atoms with Crippen molar-refractivity contribution in [1.29, 1.82) is 0 Å². The molecule has 2 aliphatic rings. The molecule has 0 saturated carbocycles. The first-order valence-electron chi connectivity index (χ1n) is 8.62. The van der Waals surface area contributed by atoms with E-state index in [1.807, 2.05) is 6.20 Å². The topological polar surface area (TPSA) is 32.3 Å². The SMILES string of the molecule is CCN1Cc2ccccc2C2(CCN(c3cnccn3)CC2)C1. The minimum absolute atomic E-state index is 0.309. The molecule has 1 fully saturated rings. The first-order chi connectivity index (χ1) is 11.3. The van der Waals surface area contributed by atoms with E-state index in [-0.39, 0.29) is 0 Å². The Morgan fingerprint density at radius 1 is 1.13 bits per heavy atom. The molecule has 0 amide bonds. The average molecular weight is 308 g/mol. The average Bonchev–Trinajstić information content (AvgIpc) is 2.63. The minimum atomic E-state index is 0.309. The van der Waals surface area contributed by atoms with E-state index in [9.17, 15) is 0 Å². The van der Waals surface area contributed by atoms with Gasteiger partial charge in [-0.15, -0.1) is 0 Å². The van der Waals surface area contributed by atoms with E-state index in [4.69, 9.17) is 0 Å². The number of aromatic nitrogens is 2. The molecule has 0 aliphatic carbocycles. The minimum Gasteiger partial charge on any atom is -0.355 e. The van der Waals surface area contributed by atoms with Crippen LogP contribution in [0.5, 0.6) is 0 Å². The standard InChI is InChI=1S/C19H24N4/c1-2-22-14-16-5-3-4-6-17(16)19(15-22)7-11-23(12-8-19)18-13-20-9-10-21-18/h3-6,9-10,13H,2,7-8,11-12,14-15H2,1H3. The molecule has 4 rings (SSSR count). The predicted octanol–water partition coefficient (Wildman–Crippen LogP) is 2.85. The van der Waals surface area contributed by atoms with Crippen LogP contribution < -0.4 is 4.90 Å². The number of benzene rings is 1. The molecule has 4 nitrogen and oxygen atoms in total. The van der Waals surface area contributed by atoms with Crippen LogP contribution in [0.4, 0.5) is 5.82 Å². The number of anilines is 1. The second-order valence-corrected chi connectivity index (χ2v) is 6.79. The van der Waals surface area contributed by atoms with Gasteiger partial charge in [0, 0.05) is 44.0 Å². The van der Waals surface area contributed by atoms with Gasteiger partial charge in [0.15, 0.2) is 0 Å². The molecule has 23 heavy (non-hydrogen) atoms. The van der Waals surface area contributed by atoms with Crippen molar-refractivity contribution in [2.75, 3.05) is 31.1 Å². The number of hydrogen-bond acceptors (Lipinski definition) is 4. The van der Waals surface area contributed by atoms with Crippen molar-refractivity contribution in [3.8, 4) is 0 Å². The lowest BCUT2D eigenvalue weighted by Gasteiger charge is -2.48. The summed E-state index contributed by atoms with van der Waals surface area (Å²) < 4.78 is 0. The van der Waals surface area contributed by atoms with E-state index in [0.29, 0.717) is 5.41 Å². The zero-order valence-electron chi connectivity index (χ0n) is 13.8. The van der Waals surface area contributed by atoms with Crippen LogP contribution in [0.15, 0.2) is 42.9 Å². The molecule has 4 heteroatoms. The van der Waals surface area contributed by atoms with Gasteiger partial charge in [0.2, 0.25) is 0 Å². The molecule has 1 spiro atoms. The fraction of sp³-hybridized carbons (Fsp3) is 0.474. The van der Waals surface area contributed by atoms with E-state index < -0.39 is 0 Å². The van der Waals surface area contributed by atoms with Crippen molar-refractivity contribution in [3.05, 3.63) is 54.0 Å². The maximum atomic E-state index is 4.46. The first kappa shape index (κ1) is 14.6. The van der Waals surface area contributed by atoms with E-state index in [1.165, 1.54) is 24.9 Å². The monoisotopic (exact) mass is 308 g/mol. The normalized spacial score (nSPS) is 20.5. The second kappa shape index (κ2) is 5.93. The summed E-state index contributed by atoms with van der Waals surface area (Å²) in [5.74, 6) is 1.01. The van der Waals surface area contributed by atoms with E-state index >= 15 is 0 Å². The molecule has 1 saturated heterocycles. The van der Waals surface area contributed by atoms with Crippen LogP contribution in [-0.4, -0.2) is 41.0 Å². The van der Waals surface area contributed by atoms with Crippen molar-refractivity contribution in [3.63, 3.8) is 0 Å². The van der Waals surface area contributed by atoms with Crippen molar-refractivity contribution in [1.82, 2.24) is 14.9 Å². The van der Waals surface area contributed by atoms with Gasteiger partial charge in [-0.25, -0.2) is 4.98 Å². The number of piperidine rings is 1. The van der Waals surface area contributed by atoms with Crippen LogP contribution in [0, 0.1) is 0 Å². The van der Waals surface area contributed by atoms with Gasteiger partial charge in [0.1, 0.15) is 5.82 Å². The summed E-state index contributed by atoms with van der Waals surface area (Å²) in [4.78, 5) is 13.7. The van der Waals surface area contributed by atoms with Gasteiger partial charge < -0.3 is 4.90 Å². The highest BCUT2D eigenvalue weighted by atomic mass is 15.2. The number of likely N-dealkylation sites (N-methyl/N-ethyl adjacent to an activating group) is 1. The Bertz CT molecular complexity index is 662. The molecule has 1 aromatic heterocycles. The highest BCUT2D eigenvalue weighted by molar-refractivity contribution is 5.42. The molecule has 0 bridgehead atoms. The van der Waals surface area contributed by atoms with Gasteiger partial charge in [0.05, 0.1) is 6.20 Å². The van der Waals surface area contributed by atoms with Crippen LogP contribution in [0.25, 0.3) is 0 Å². The third kappa shape index (κ3) is 2.61. The molecule has 1 aromatic carbocycles. The van der Waals surface area contributed by atoms with Gasteiger partial charge in [0.25, 0.3) is 0 Å². The molecule has 2 aromatic rings. The van der Waals surface area contributed by atoms with Crippen molar-refractivity contribution >= 4 is 5.82 Å². The Morgan fingerprint density at radius 3 is 2.70 bits per heavy atom. The lowest BCUT2D eigenvalue weighted by molar-refractivity contribution is 0.159. The zero-order valence-corrected chi connectivity index (χ0v) is 13.8. The van der Waals surface area contributed by atoms with E-state index in [0.717, 1.165) is 32.0 Å². The fourth-order valence-electron chi connectivity index (χ4n) is 4.25. The second-order valence-electron chi connectivity index (χ2n) is 6.79. The Kier molecular flexibility index (Phi) is 3.77. The maximum absolute atomic E-state index is 4.46. The third-order valence-electron chi connectivity index (χ3n) is 5.55. The highest BCUT2D eigenvalue weighted by Gasteiger charge is 2.41. The van der Waals surface area contributed by atoms with Gasteiger partial charge in [-0.1, -0.05) is 31.2 Å². The molecular weight excluding hydrogens is 284 g/mol. The Hall–Kier alpha value is -1.94. The molecular formula is C19H24N4. The molecule has 3 heterocycles. The molecule has 0 unspecified atom stereocenters. The summed E-state index contributed by atoms with van der Waals surface area (Å²) in [5.41, 5.74) is 3.42. The number of hydrogen-bond donors (Lipinski definition) is 0. The van der Waals surface area contributed by atoms with Crippen LogP contribution >= 0.6 is 0 Å². The summed E-state index contributed by atoms with van der Waals surface area (Å²) in [5, 5.41) is 0. The fourth-order valence-corrected chi connectivity index (χ4v) is 4.25. The lowest BCUT2D eigenvalue weighted by Crippen LogP contribution is -2.52. The first-order valence-corrected chi connectivity index (χ1v) is 8.62. The largest absolute Gasteiger partial charge is 0.355 e. The Morgan fingerprint density at radius 2 is 1.96 bits per heavy atom. The van der Waals surface area contributed by atoms with Gasteiger partial charge in [-0.3, -0.25) is 9.88 Å². The molecule has 0 N–H and O–H groups in total. The summed E-state index contributed by atoms with van der Waals surface area (Å²) in [7, 11) is 0. The van der Waals surface area contributed by atoms with E-state index in [1.54, 1.807) is 18.0 Å². The van der Waals surface area contributed by atoms with Crippen molar-refractivity contribution in [2.45, 2.75) is 31.7 Å². The van der Waals surface area contributed by atoms with Gasteiger partial charge in [-0.2, -0.15) is 0 Å². The van der Waals surface area contributed by atoms with Crippen LogP contribution in [0.1, 0.15) is 30.9 Å². The number of nitrogens with zero attached hydrogens (tertiary/aromatic N) is 4. The molecule has 0 radical (unpaired) electrons. The molecule has 2 aliphatic heterocycles. The van der Waals surface area contributed by atoms with Crippen LogP contribution in [0.3, 0.4) is 0 Å². The summed E-state index contributed by atoms with van der Waals surface area (Å²) in [6.07, 6.45) is 7.79. The zero-order chi connectivity index (χ0) is 15.7. The highest BCUT2D eigenvalue weighted by Crippen LogP contribution is 2.42. The summed E-state index contributed by atoms with van der Waals surface area (Å²) in [6.45, 7) is 7.81. The molecule has 120 valence electrons. The smallest absolute Gasteiger partial charge is 0.147 e. The van der Waals surface area contributed by atoms with Crippen molar-refractivity contribution < 1.29 is 0 Å². The Balaban J connectivity index is 1.60. The Labute approximate surface area is 138 Å². The lowest BCUT2D eigenvalue weighted by atomic mass is 9.69. The molecule has 0 atom stereocenters. The predicted molar refractivity (Wildman–Crippen MR) is 92.6 cm³/mol. The van der Waals surface area contributed by atoms with Gasteiger partial charge >= 0.3 is 0 Å².